The fourth-order valence-electron chi connectivity index (χ4n) is 3.00. The minimum absolute atomic E-state index is 0.311. The number of carboxylic acids is 1. The third-order valence-electron chi connectivity index (χ3n) is 4.31. The molecular weight excluding hydrogens is 270 g/mol. The Morgan fingerprint density at radius 3 is 3.00 bits per heavy atom. The van der Waals surface area contributed by atoms with Gasteiger partial charge in [0, 0.05) is 28.8 Å². The van der Waals surface area contributed by atoms with Gasteiger partial charge in [-0.15, -0.1) is 11.3 Å². The van der Waals surface area contributed by atoms with Crippen LogP contribution in [-0.4, -0.2) is 29.1 Å². The van der Waals surface area contributed by atoms with Crippen molar-refractivity contribution < 1.29 is 9.90 Å². The summed E-state index contributed by atoms with van der Waals surface area (Å²) in [5.74, 6) is -0.117. The van der Waals surface area contributed by atoms with Crippen LogP contribution in [0.2, 0.25) is 0 Å². The number of piperidine rings is 1. The monoisotopic (exact) mass is 295 g/mol. The van der Waals surface area contributed by atoms with Crippen LogP contribution in [0.3, 0.4) is 0 Å². The number of likely N-dealkylation sites (tertiary alicyclic amines) is 1. The maximum absolute atomic E-state index is 10.7. The molecule has 0 aromatic carbocycles. The van der Waals surface area contributed by atoms with Gasteiger partial charge in [0.15, 0.2) is 0 Å². The van der Waals surface area contributed by atoms with Gasteiger partial charge in [0.1, 0.15) is 0 Å². The molecule has 4 heteroatoms. The third kappa shape index (κ3) is 4.06. The molecule has 112 valence electrons. The molecular formula is C16H25NO2S. The summed E-state index contributed by atoms with van der Waals surface area (Å²) in [6, 6.07) is 4.96. The van der Waals surface area contributed by atoms with Crippen molar-refractivity contribution in [2.45, 2.75) is 52.0 Å². The first kappa shape index (κ1) is 15.5. The Labute approximate surface area is 125 Å². The van der Waals surface area contributed by atoms with Gasteiger partial charge in [0.25, 0.3) is 0 Å². The summed E-state index contributed by atoms with van der Waals surface area (Å²) in [5.41, 5.74) is 0. The Balaban J connectivity index is 1.92. The van der Waals surface area contributed by atoms with E-state index in [2.05, 4.69) is 30.9 Å². The van der Waals surface area contributed by atoms with Crippen molar-refractivity contribution in [3.63, 3.8) is 0 Å². The largest absolute Gasteiger partial charge is 0.481 e. The second-order valence-electron chi connectivity index (χ2n) is 5.77. The van der Waals surface area contributed by atoms with Crippen LogP contribution in [0.15, 0.2) is 12.1 Å². The lowest BCUT2D eigenvalue weighted by Gasteiger charge is -2.36. The van der Waals surface area contributed by atoms with E-state index < -0.39 is 5.97 Å². The van der Waals surface area contributed by atoms with Crippen LogP contribution in [0.25, 0.3) is 0 Å². The molecule has 0 saturated carbocycles. The zero-order valence-corrected chi connectivity index (χ0v) is 13.3. The summed E-state index contributed by atoms with van der Waals surface area (Å²) in [7, 11) is 0. The van der Waals surface area contributed by atoms with E-state index in [0.717, 1.165) is 25.9 Å². The number of carbonyl (C=O) groups is 1. The molecule has 1 fully saturated rings. The molecule has 3 nitrogen and oxygen atoms in total. The van der Waals surface area contributed by atoms with Gasteiger partial charge in [-0.3, -0.25) is 9.69 Å². The van der Waals surface area contributed by atoms with Crippen LogP contribution in [0.5, 0.6) is 0 Å². The molecule has 1 N–H and O–H groups in total. The summed E-state index contributed by atoms with van der Waals surface area (Å²) in [5, 5.41) is 8.82. The molecule has 1 saturated heterocycles. The number of carboxylic acid groups (broad SMARTS) is 1. The maximum Gasteiger partial charge on any atom is 0.303 e. The summed E-state index contributed by atoms with van der Waals surface area (Å²) in [6.07, 6.45) is 4.62. The van der Waals surface area contributed by atoms with Crippen molar-refractivity contribution in [2.24, 2.45) is 5.92 Å². The van der Waals surface area contributed by atoms with E-state index >= 15 is 0 Å². The molecule has 1 aromatic heterocycles. The number of rotatable bonds is 6. The average Bonchev–Trinajstić information content (AvgIpc) is 2.93. The number of thiophene rings is 1. The van der Waals surface area contributed by atoms with Crippen molar-refractivity contribution in [1.82, 2.24) is 4.90 Å². The van der Waals surface area contributed by atoms with Gasteiger partial charge in [-0.05, 0) is 57.2 Å². The lowest BCUT2D eigenvalue weighted by molar-refractivity contribution is -0.137. The van der Waals surface area contributed by atoms with E-state index in [1.165, 1.54) is 22.6 Å². The number of nitrogens with zero attached hydrogens (tertiary/aromatic N) is 1. The summed E-state index contributed by atoms with van der Waals surface area (Å²) in [6.45, 7) is 6.67. The van der Waals surface area contributed by atoms with Gasteiger partial charge < -0.3 is 5.11 Å². The number of hydrogen-bond acceptors (Lipinski definition) is 3. The Morgan fingerprint density at radius 2 is 2.35 bits per heavy atom. The fraction of sp³-hybridized carbons (Fsp3) is 0.688. The molecule has 20 heavy (non-hydrogen) atoms. The molecule has 0 aliphatic carbocycles. The summed E-state index contributed by atoms with van der Waals surface area (Å²) in [4.78, 5) is 16.1. The smallest absolute Gasteiger partial charge is 0.303 e. The van der Waals surface area contributed by atoms with Gasteiger partial charge in [-0.1, -0.05) is 6.92 Å². The Bertz CT molecular complexity index is 443. The lowest BCUT2D eigenvalue weighted by atomic mass is 9.92. The van der Waals surface area contributed by atoms with E-state index in [-0.39, 0.29) is 0 Å². The average molecular weight is 295 g/mol. The van der Waals surface area contributed by atoms with Crippen molar-refractivity contribution in [3.05, 3.63) is 21.9 Å². The zero-order chi connectivity index (χ0) is 14.5. The van der Waals surface area contributed by atoms with Gasteiger partial charge in [0.2, 0.25) is 0 Å². The normalized spacial score (nSPS) is 21.8. The van der Waals surface area contributed by atoms with Crippen LogP contribution in [0.4, 0.5) is 0 Å². The fourth-order valence-corrected chi connectivity index (χ4v) is 4.04. The Hall–Kier alpha value is -0.870. The lowest BCUT2D eigenvalue weighted by Crippen LogP contribution is -2.37. The highest BCUT2D eigenvalue weighted by Gasteiger charge is 2.25. The highest BCUT2D eigenvalue weighted by atomic mass is 32.1. The van der Waals surface area contributed by atoms with E-state index in [1.54, 1.807) is 0 Å². The van der Waals surface area contributed by atoms with Crippen molar-refractivity contribution in [3.8, 4) is 0 Å². The van der Waals surface area contributed by atoms with Crippen LogP contribution >= 0.6 is 11.3 Å². The molecule has 0 bridgehead atoms. The highest BCUT2D eigenvalue weighted by molar-refractivity contribution is 7.12. The van der Waals surface area contributed by atoms with E-state index in [9.17, 15) is 4.79 Å². The standard InChI is InChI=1S/C16H25NO2S/c1-3-14-7-8-15(20-14)12(2)17-10-4-5-13(11-17)6-9-16(18)19/h7-8,12-13H,3-6,9-11H2,1-2H3,(H,18,19). The van der Waals surface area contributed by atoms with Gasteiger partial charge in [0.05, 0.1) is 0 Å². The van der Waals surface area contributed by atoms with Gasteiger partial charge >= 0.3 is 5.97 Å². The SMILES string of the molecule is CCc1ccc(C(C)N2CCCC(CCC(=O)O)C2)s1. The van der Waals surface area contributed by atoms with Crippen LogP contribution < -0.4 is 0 Å². The van der Waals surface area contributed by atoms with E-state index in [0.29, 0.717) is 18.4 Å². The number of hydrogen-bond donors (Lipinski definition) is 1. The first-order chi connectivity index (χ1) is 9.60. The second-order valence-corrected chi connectivity index (χ2v) is 6.97. The molecule has 0 spiro atoms. The topological polar surface area (TPSA) is 40.5 Å². The van der Waals surface area contributed by atoms with Crippen LogP contribution in [0.1, 0.15) is 55.3 Å². The highest BCUT2D eigenvalue weighted by Crippen LogP contribution is 2.32. The van der Waals surface area contributed by atoms with Crippen molar-refractivity contribution in [2.75, 3.05) is 13.1 Å². The molecule has 0 amide bonds. The number of aryl methyl sites for hydroxylation is 1. The Kier molecular flexibility index (Phi) is 5.61. The Morgan fingerprint density at radius 1 is 1.55 bits per heavy atom. The molecule has 2 atom stereocenters. The molecule has 1 aliphatic heterocycles. The van der Waals surface area contributed by atoms with E-state index in [4.69, 9.17) is 5.11 Å². The minimum atomic E-state index is -0.666. The summed E-state index contributed by atoms with van der Waals surface area (Å²) < 4.78 is 0. The van der Waals surface area contributed by atoms with Crippen molar-refractivity contribution in [1.29, 1.82) is 0 Å². The second kappa shape index (κ2) is 7.23. The van der Waals surface area contributed by atoms with Crippen LogP contribution in [-0.2, 0) is 11.2 Å². The van der Waals surface area contributed by atoms with Gasteiger partial charge in [-0.25, -0.2) is 0 Å². The molecule has 2 rings (SSSR count). The molecule has 2 unspecified atom stereocenters. The summed E-state index contributed by atoms with van der Waals surface area (Å²) >= 11 is 1.92. The first-order valence-electron chi connectivity index (χ1n) is 7.64. The zero-order valence-electron chi connectivity index (χ0n) is 12.5. The quantitative estimate of drug-likeness (QED) is 0.864. The molecule has 0 radical (unpaired) electrons. The minimum Gasteiger partial charge on any atom is -0.481 e. The van der Waals surface area contributed by atoms with Gasteiger partial charge in [-0.2, -0.15) is 0 Å². The third-order valence-corrected chi connectivity index (χ3v) is 5.71. The van der Waals surface area contributed by atoms with Crippen molar-refractivity contribution >= 4 is 17.3 Å². The predicted molar refractivity (Wildman–Crippen MR) is 83.3 cm³/mol. The molecule has 1 aliphatic rings. The maximum atomic E-state index is 10.7. The number of aliphatic carboxylic acids is 1. The van der Waals surface area contributed by atoms with E-state index in [1.807, 2.05) is 11.3 Å². The predicted octanol–water partition coefficient (Wildman–Crippen LogP) is 3.95. The molecule has 2 heterocycles. The molecule has 1 aromatic rings. The van der Waals surface area contributed by atoms with Crippen LogP contribution in [0, 0.1) is 5.92 Å². The first-order valence-corrected chi connectivity index (χ1v) is 8.46.